The van der Waals surface area contributed by atoms with E-state index in [1.807, 2.05) is 6.08 Å². The van der Waals surface area contributed by atoms with Crippen LogP contribution in [0.3, 0.4) is 0 Å². The molecule has 0 aliphatic heterocycles. The first kappa shape index (κ1) is 8.74. The van der Waals surface area contributed by atoms with Gasteiger partial charge in [0.2, 0.25) is 0 Å². The SMILES string of the molecule is C=CC1CCC2=CC(=O)CCC2C1. The predicted molar refractivity (Wildman–Crippen MR) is 53.4 cm³/mol. The third kappa shape index (κ3) is 1.74. The third-order valence-electron chi connectivity index (χ3n) is 3.33. The van der Waals surface area contributed by atoms with E-state index in [1.165, 1.54) is 18.4 Å². The Balaban J connectivity index is 2.11. The fourth-order valence-corrected chi connectivity index (χ4v) is 2.49. The molecule has 2 aliphatic carbocycles. The molecule has 2 rings (SSSR count). The molecule has 0 aromatic rings. The quantitative estimate of drug-likeness (QED) is 0.561. The van der Waals surface area contributed by atoms with Gasteiger partial charge in [-0.05, 0) is 43.6 Å². The highest BCUT2D eigenvalue weighted by molar-refractivity contribution is 5.91. The Morgan fingerprint density at radius 3 is 3.00 bits per heavy atom. The molecule has 2 aliphatic rings. The van der Waals surface area contributed by atoms with Crippen molar-refractivity contribution in [3.05, 3.63) is 24.3 Å². The molecule has 0 aromatic heterocycles. The molecule has 0 aromatic carbocycles. The van der Waals surface area contributed by atoms with Crippen molar-refractivity contribution in [2.75, 3.05) is 0 Å². The number of hydrogen-bond donors (Lipinski definition) is 0. The number of ketones is 1. The molecule has 0 bridgehead atoms. The molecule has 0 heterocycles. The molecule has 0 spiro atoms. The first-order valence-electron chi connectivity index (χ1n) is 5.15. The van der Waals surface area contributed by atoms with Crippen LogP contribution in [0, 0.1) is 11.8 Å². The molecule has 0 N–H and O–H groups in total. The maximum absolute atomic E-state index is 11.2. The minimum Gasteiger partial charge on any atom is -0.295 e. The number of hydrogen-bond acceptors (Lipinski definition) is 1. The summed E-state index contributed by atoms with van der Waals surface area (Å²) in [5, 5.41) is 0. The topological polar surface area (TPSA) is 17.1 Å². The molecule has 1 saturated carbocycles. The van der Waals surface area contributed by atoms with Crippen LogP contribution in [-0.4, -0.2) is 5.78 Å². The van der Waals surface area contributed by atoms with Crippen molar-refractivity contribution >= 4 is 5.78 Å². The Morgan fingerprint density at radius 1 is 1.38 bits per heavy atom. The van der Waals surface area contributed by atoms with Crippen LogP contribution in [0.15, 0.2) is 24.3 Å². The van der Waals surface area contributed by atoms with Crippen LogP contribution >= 0.6 is 0 Å². The number of fused-ring (bicyclic) bond motifs is 1. The van der Waals surface area contributed by atoms with E-state index in [9.17, 15) is 4.79 Å². The van der Waals surface area contributed by atoms with E-state index >= 15 is 0 Å². The molecule has 0 amide bonds. The molecule has 0 radical (unpaired) electrons. The van der Waals surface area contributed by atoms with Gasteiger partial charge in [-0.2, -0.15) is 0 Å². The van der Waals surface area contributed by atoms with Crippen molar-refractivity contribution < 1.29 is 4.79 Å². The lowest BCUT2D eigenvalue weighted by molar-refractivity contribution is -0.115. The summed E-state index contributed by atoms with van der Waals surface area (Å²) in [5.74, 6) is 1.72. The van der Waals surface area contributed by atoms with Gasteiger partial charge in [0, 0.05) is 6.42 Å². The van der Waals surface area contributed by atoms with Crippen molar-refractivity contribution in [3.63, 3.8) is 0 Å². The molecule has 2 atom stereocenters. The fraction of sp³-hybridized carbons (Fsp3) is 0.583. The van der Waals surface area contributed by atoms with Gasteiger partial charge in [0.1, 0.15) is 0 Å². The summed E-state index contributed by atoms with van der Waals surface area (Å²) in [6, 6.07) is 0. The van der Waals surface area contributed by atoms with Gasteiger partial charge in [0.15, 0.2) is 5.78 Å². The molecule has 1 fully saturated rings. The van der Waals surface area contributed by atoms with Crippen LogP contribution in [0.1, 0.15) is 32.1 Å². The number of rotatable bonds is 1. The monoisotopic (exact) mass is 176 g/mol. The summed E-state index contributed by atoms with van der Waals surface area (Å²) in [7, 11) is 0. The zero-order chi connectivity index (χ0) is 9.26. The number of allylic oxidation sites excluding steroid dienone is 3. The van der Waals surface area contributed by atoms with Crippen LogP contribution in [0.25, 0.3) is 0 Å². The zero-order valence-corrected chi connectivity index (χ0v) is 7.96. The van der Waals surface area contributed by atoms with Crippen molar-refractivity contribution in [3.8, 4) is 0 Å². The van der Waals surface area contributed by atoms with Gasteiger partial charge in [0.05, 0.1) is 0 Å². The highest BCUT2D eigenvalue weighted by Crippen LogP contribution is 2.38. The largest absolute Gasteiger partial charge is 0.295 e. The van der Waals surface area contributed by atoms with Gasteiger partial charge in [-0.3, -0.25) is 4.79 Å². The lowest BCUT2D eigenvalue weighted by Gasteiger charge is -2.32. The predicted octanol–water partition coefficient (Wildman–Crippen LogP) is 2.88. The highest BCUT2D eigenvalue weighted by Gasteiger charge is 2.27. The summed E-state index contributed by atoms with van der Waals surface area (Å²) in [4.78, 5) is 11.2. The first-order valence-corrected chi connectivity index (χ1v) is 5.15. The summed E-state index contributed by atoms with van der Waals surface area (Å²) >= 11 is 0. The first-order chi connectivity index (χ1) is 6.29. The normalized spacial score (nSPS) is 33.5. The van der Waals surface area contributed by atoms with Crippen molar-refractivity contribution in [1.82, 2.24) is 0 Å². The maximum Gasteiger partial charge on any atom is 0.155 e. The standard InChI is InChI=1S/C12H16O/c1-2-9-3-4-11-8-12(13)6-5-10(11)7-9/h2,8-10H,1,3-7H2. The van der Waals surface area contributed by atoms with Gasteiger partial charge >= 0.3 is 0 Å². The Morgan fingerprint density at radius 2 is 2.23 bits per heavy atom. The van der Waals surface area contributed by atoms with Crippen LogP contribution < -0.4 is 0 Å². The van der Waals surface area contributed by atoms with Gasteiger partial charge < -0.3 is 0 Å². The van der Waals surface area contributed by atoms with Gasteiger partial charge in [0.25, 0.3) is 0 Å². The summed E-state index contributed by atoms with van der Waals surface area (Å²) in [6.07, 6.45) is 9.35. The lowest BCUT2D eigenvalue weighted by Crippen LogP contribution is -2.21. The van der Waals surface area contributed by atoms with E-state index in [1.54, 1.807) is 0 Å². The molecule has 0 saturated heterocycles. The molecular weight excluding hydrogens is 160 g/mol. The lowest BCUT2D eigenvalue weighted by atomic mass is 9.73. The van der Waals surface area contributed by atoms with Crippen LogP contribution in [0.5, 0.6) is 0 Å². The Hall–Kier alpha value is -0.850. The van der Waals surface area contributed by atoms with Gasteiger partial charge in [-0.25, -0.2) is 0 Å². The fourth-order valence-electron chi connectivity index (χ4n) is 2.49. The van der Waals surface area contributed by atoms with E-state index in [-0.39, 0.29) is 0 Å². The van der Waals surface area contributed by atoms with Crippen LogP contribution in [0.2, 0.25) is 0 Å². The summed E-state index contributed by atoms with van der Waals surface area (Å²) in [6.45, 7) is 3.85. The van der Waals surface area contributed by atoms with E-state index < -0.39 is 0 Å². The number of carbonyl (C=O) groups is 1. The second-order valence-corrected chi connectivity index (χ2v) is 4.19. The number of carbonyl (C=O) groups excluding carboxylic acids is 1. The summed E-state index contributed by atoms with van der Waals surface area (Å²) < 4.78 is 0. The maximum atomic E-state index is 11.2. The van der Waals surface area contributed by atoms with Crippen molar-refractivity contribution in [2.24, 2.45) is 11.8 Å². The van der Waals surface area contributed by atoms with Crippen LogP contribution in [-0.2, 0) is 4.79 Å². The Kier molecular flexibility index (Phi) is 2.34. The van der Waals surface area contributed by atoms with Crippen LogP contribution in [0.4, 0.5) is 0 Å². The minimum absolute atomic E-state index is 0.336. The molecule has 1 heteroatoms. The zero-order valence-electron chi connectivity index (χ0n) is 7.96. The second-order valence-electron chi connectivity index (χ2n) is 4.19. The highest BCUT2D eigenvalue weighted by atomic mass is 16.1. The van der Waals surface area contributed by atoms with Gasteiger partial charge in [-0.1, -0.05) is 11.6 Å². The Bertz CT molecular complexity index is 262. The van der Waals surface area contributed by atoms with Crippen molar-refractivity contribution in [1.29, 1.82) is 0 Å². The van der Waals surface area contributed by atoms with Crippen molar-refractivity contribution in [2.45, 2.75) is 32.1 Å². The molecule has 2 unspecified atom stereocenters. The van der Waals surface area contributed by atoms with E-state index in [4.69, 9.17) is 0 Å². The molecular formula is C12H16O. The average Bonchev–Trinajstić information content (AvgIpc) is 2.17. The second kappa shape index (κ2) is 3.49. The van der Waals surface area contributed by atoms with E-state index in [0.717, 1.165) is 19.3 Å². The Labute approximate surface area is 79.5 Å². The van der Waals surface area contributed by atoms with E-state index in [0.29, 0.717) is 17.6 Å². The third-order valence-corrected chi connectivity index (χ3v) is 3.33. The van der Waals surface area contributed by atoms with E-state index in [2.05, 4.69) is 12.7 Å². The van der Waals surface area contributed by atoms with Gasteiger partial charge in [-0.15, -0.1) is 6.58 Å². The smallest absolute Gasteiger partial charge is 0.155 e. The molecule has 70 valence electrons. The minimum atomic E-state index is 0.336. The average molecular weight is 176 g/mol. The summed E-state index contributed by atoms with van der Waals surface area (Å²) in [5.41, 5.74) is 1.41. The molecule has 1 nitrogen and oxygen atoms in total. The molecule has 13 heavy (non-hydrogen) atoms.